The monoisotopic (exact) mass is 490 g/mol. The highest BCUT2D eigenvalue weighted by Gasteiger charge is 2.23. The van der Waals surface area contributed by atoms with Crippen LogP contribution in [0.5, 0.6) is 0 Å². The number of ether oxygens (including phenoxy) is 1. The Labute approximate surface area is 204 Å². The van der Waals surface area contributed by atoms with E-state index >= 15 is 0 Å². The zero-order valence-corrected chi connectivity index (χ0v) is 20.1. The van der Waals surface area contributed by atoms with Gasteiger partial charge in [-0.15, -0.1) is 0 Å². The summed E-state index contributed by atoms with van der Waals surface area (Å²) in [6.07, 6.45) is 3.25. The van der Waals surface area contributed by atoms with Crippen LogP contribution in [-0.2, 0) is 25.9 Å². The zero-order valence-electron chi connectivity index (χ0n) is 19.3. The summed E-state index contributed by atoms with van der Waals surface area (Å²) >= 11 is 0. The lowest BCUT2D eigenvalue weighted by atomic mass is 10.2. The van der Waals surface area contributed by atoms with Crippen molar-refractivity contribution < 1.29 is 22.7 Å². The molecule has 0 spiro atoms. The minimum absolute atomic E-state index is 0.0777. The van der Waals surface area contributed by atoms with Gasteiger partial charge in [-0.1, -0.05) is 49.7 Å². The van der Waals surface area contributed by atoms with E-state index in [1.165, 1.54) is 6.20 Å². The number of unbranched alkanes of at least 4 members (excludes halogenated alkanes) is 1. The Balaban J connectivity index is 1.51. The summed E-state index contributed by atoms with van der Waals surface area (Å²) in [6, 6.07) is 21.8. The van der Waals surface area contributed by atoms with E-state index < -0.39 is 15.8 Å². The summed E-state index contributed by atoms with van der Waals surface area (Å²) in [5.74, 6) is -0.727. The highest BCUT2D eigenvalue weighted by Crippen LogP contribution is 2.30. The Morgan fingerprint density at radius 1 is 0.914 bits per heavy atom. The number of para-hydroxylation sites is 1. The molecule has 0 aliphatic rings. The third kappa shape index (κ3) is 5.44. The van der Waals surface area contributed by atoms with E-state index in [9.17, 15) is 18.0 Å². The predicted octanol–water partition coefficient (Wildman–Crippen LogP) is 5.07. The first-order valence-corrected chi connectivity index (χ1v) is 12.8. The molecule has 0 unspecified atom stereocenters. The molecule has 0 atom stereocenters. The van der Waals surface area contributed by atoms with E-state index in [0.717, 1.165) is 12.8 Å². The van der Waals surface area contributed by atoms with Crippen LogP contribution in [0.25, 0.3) is 10.9 Å². The molecule has 0 fully saturated rings. The van der Waals surface area contributed by atoms with Crippen molar-refractivity contribution >= 4 is 38.3 Å². The predicted molar refractivity (Wildman–Crippen MR) is 134 cm³/mol. The molecule has 0 saturated heterocycles. The van der Waals surface area contributed by atoms with Gasteiger partial charge in [0.05, 0.1) is 22.0 Å². The fourth-order valence-corrected chi connectivity index (χ4v) is 5.22. The Hall–Kier alpha value is -3.91. The van der Waals surface area contributed by atoms with Gasteiger partial charge in [0, 0.05) is 22.8 Å². The molecule has 1 heterocycles. The molecule has 0 aliphatic carbocycles. The number of sulfone groups is 1. The second-order valence-electron chi connectivity index (χ2n) is 8.07. The average Bonchev–Trinajstić information content (AvgIpc) is 3.24. The van der Waals surface area contributed by atoms with Crippen LogP contribution in [0, 0.1) is 0 Å². The first-order valence-electron chi connectivity index (χ1n) is 11.3. The summed E-state index contributed by atoms with van der Waals surface area (Å²) in [5.41, 5.74) is 1.57. The van der Waals surface area contributed by atoms with Gasteiger partial charge in [-0.3, -0.25) is 4.79 Å². The van der Waals surface area contributed by atoms with Gasteiger partial charge in [0.1, 0.15) is 6.54 Å². The summed E-state index contributed by atoms with van der Waals surface area (Å²) in [6.45, 7) is 2.32. The highest BCUT2D eigenvalue weighted by atomic mass is 32.2. The van der Waals surface area contributed by atoms with Crippen molar-refractivity contribution in [3.8, 4) is 0 Å². The number of esters is 1. The van der Waals surface area contributed by atoms with E-state index in [4.69, 9.17) is 4.74 Å². The second-order valence-corrected chi connectivity index (χ2v) is 9.99. The number of amides is 1. The number of carbonyl (C=O) groups excluding carboxylic acids is 2. The quantitative estimate of drug-likeness (QED) is 0.261. The molecule has 4 aromatic rings. The second kappa shape index (κ2) is 10.6. The molecule has 0 bridgehead atoms. The van der Waals surface area contributed by atoms with Gasteiger partial charge < -0.3 is 14.6 Å². The third-order valence-electron chi connectivity index (χ3n) is 5.54. The minimum Gasteiger partial charge on any atom is -0.462 e. The van der Waals surface area contributed by atoms with Crippen molar-refractivity contribution in [1.82, 2.24) is 4.57 Å². The highest BCUT2D eigenvalue weighted by molar-refractivity contribution is 7.91. The maximum atomic E-state index is 13.3. The van der Waals surface area contributed by atoms with Gasteiger partial charge in [0.25, 0.3) is 0 Å². The number of aromatic nitrogens is 1. The average molecular weight is 491 g/mol. The van der Waals surface area contributed by atoms with E-state index in [0.29, 0.717) is 28.8 Å². The fourth-order valence-electron chi connectivity index (χ4n) is 3.72. The molecular weight excluding hydrogens is 464 g/mol. The normalized spacial score (nSPS) is 11.3. The molecule has 35 heavy (non-hydrogen) atoms. The molecule has 0 radical (unpaired) electrons. The van der Waals surface area contributed by atoms with Crippen LogP contribution < -0.4 is 5.32 Å². The molecule has 0 saturated carbocycles. The fraction of sp³-hybridized carbons (Fsp3) is 0.185. The molecule has 1 aromatic heterocycles. The maximum Gasteiger partial charge on any atom is 0.338 e. The van der Waals surface area contributed by atoms with Crippen LogP contribution >= 0.6 is 0 Å². The molecule has 0 aliphatic heterocycles. The van der Waals surface area contributed by atoms with Crippen LogP contribution in [0.3, 0.4) is 0 Å². The van der Waals surface area contributed by atoms with Crippen LogP contribution in [0.4, 0.5) is 5.69 Å². The van der Waals surface area contributed by atoms with Gasteiger partial charge in [0.15, 0.2) is 0 Å². The molecule has 8 heteroatoms. The van der Waals surface area contributed by atoms with Crippen molar-refractivity contribution in [3.63, 3.8) is 0 Å². The number of fused-ring (bicyclic) bond motifs is 1. The van der Waals surface area contributed by atoms with Crippen LogP contribution in [0.2, 0.25) is 0 Å². The standard InChI is InChI=1S/C27H26N2O5S/c1-2-3-17-34-27(31)20-13-15-21(16-14-20)28-26(30)19-29-18-25(23-11-7-8-12-24(23)29)35(32,33)22-9-5-4-6-10-22/h4-16,18H,2-3,17,19H2,1H3,(H,28,30). The van der Waals surface area contributed by atoms with Crippen molar-refractivity contribution in [3.05, 3.63) is 90.6 Å². The zero-order chi connectivity index (χ0) is 24.8. The first-order chi connectivity index (χ1) is 16.9. The summed E-state index contributed by atoms with van der Waals surface area (Å²) in [4.78, 5) is 25.2. The van der Waals surface area contributed by atoms with Gasteiger partial charge in [0.2, 0.25) is 15.7 Å². The lowest BCUT2D eigenvalue weighted by Crippen LogP contribution is -2.18. The first kappa shape index (κ1) is 24.2. The number of nitrogens with zero attached hydrogens (tertiary/aromatic N) is 1. The van der Waals surface area contributed by atoms with Crippen LogP contribution in [0.1, 0.15) is 30.1 Å². The van der Waals surface area contributed by atoms with Gasteiger partial charge >= 0.3 is 5.97 Å². The SMILES string of the molecule is CCCCOC(=O)c1ccc(NC(=O)Cn2cc(S(=O)(=O)c3ccccc3)c3ccccc32)cc1. The van der Waals surface area contributed by atoms with Crippen molar-refractivity contribution in [1.29, 1.82) is 0 Å². The van der Waals surface area contributed by atoms with Crippen molar-refractivity contribution in [2.24, 2.45) is 0 Å². The van der Waals surface area contributed by atoms with E-state index in [1.54, 1.807) is 83.4 Å². The van der Waals surface area contributed by atoms with Gasteiger partial charge in [-0.25, -0.2) is 13.2 Å². The maximum absolute atomic E-state index is 13.3. The molecular formula is C27H26N2O5S. The number of hydrogen-bond donors (Lipinski definition) is 1. The Bertz CT molecular complexity index is 1440. The summed E-state index contributed by atoms with van der Waals surface area (Å²) in [7, 11) is -3.76. The van der Waals surface area contributed by atoms with Crippen molar-refractivity contribution in [2.45, 2.75) is 36.1 Å². The van der Waals surface area contributed by atoms with Gasteiger partial charge in [-0.2, -0.15) is 0 Å². The molecule has 1 N–H and O–H groups in total. The number of benzene rings is 3. The topological polar surface area (TPSA) is 94.5 Å². The smallest absolute Gasteiger partial charge is 0.338 e. The van der Waals surface area contributed by atoms with E-state index in [2.05, 4.69) is 5.32 Å². The van der Waals surface area contributed by atoms with Gasteiger partial charge in [-0.05, 0) is 48.9 Å². The molecule has 7 nitrogen and oxygen atoms in total. The number of anilines is 1. The number of hydrogen-bond acceptors (Lipinski definition) is 5. The Morgan fingerprint density at radius 2 is 1.60 bits per heavy atom. The van der Waals surface area contributed by atoms with E-state index in [1.807, 2.05) is 6.92 Å². The number of carbonyl (C=O) groups is 2. The number of nitrogens with one attached hydrogen (secondary N) is 1. The lowest BCUT2D eigenvalue weighted by molar-refractivity contribution is -0.116. The van der Waals surface area contributed by atoms with Crippen LogP contribution in [-0.4, -0.2) is 31.5 Å². The Morgan fingerprint density at radius 3 is 2.31 bits per heavy atom. The summed E-state index contributed by atoms with van der Waals surface area (Å²) < 4.78 is 33.3. The van der Waals surface area contributed by atoms with Crippen molar-refractivity contribution in [2.75, 3.05) is 11.9 Å². The summed E-state index contributed by atoms with van der Waals surface area (Å²) in [5, 5.41) is 3.34. The largest absolute Gasteiger partial charge is 0.462 e. The minimum atomic E-state index is -3.76. The Kier molecular flexibility index (Phi) is 7.31. The van der Waals surface area contributed by atoms with Crippen LogP contribution in [0.15, 0.2) is 94.9 Å². The lowest BCUT2D eigenvalue weighted by Gasteiger charge is -2.08. The molecule has 4 rings (SSSR count). The number of rotatable bonds is 9. The molecule has 3 aromatic carbocycles. The molecule has 1 amide bonds. The molecule has 180 valence electrons. The van der Waals surface area contributed by atoms with E-state index in [-0.39, 0.29) is 22.2 Å². The third-order valence-corrected chi connectivity index (χ3v) is 7.34.